The number of phenolic OH excluding ortho intramolecular Hbond substituents is 1. The summed E-state index contributed by atoms with van der Waals surface area (Å²) in [5.74, 6) is -1.20. The minimum atomic E-state index is -1.10. The molecule has 0 fully saturated rings. The standard InChI is InChI=1S/C9H12N2O3/c10-6-3-1-2-5(8(6)12)4-7(11)9(13)14/h1-3,7,12H,4,10-11H2,(H,13,14)/t7-/m1/s1. The van der Waals surface area contributed by atoms with Crippen LogP contribution in [0.1, 0.15) is 5.56 Å². The summed E-state index contributed by atoms with van der Waals surface area (Å²) in [5.41, 5.74) is 11.4. The number of phenols is 1. The molecule has 0 saturated carbocycles. The van der Waals surface area contributed by atoms with Crippen molar-refractivity contribution in [3.05, 3.63) is 23.8 Å². The lowest BCUT2D eigenvalue weighted by Crippen LogP contribution is -2.32. The van der Waals surface area contributed by atoms with Gasteiger partial charge in [-0.2, -0.15) is 0 Å². The second kappa shape index (κ2) is 3.97. The Morgan fingerprint density at radius 2 is 2.14 bits per heavy atom. The number of carbonyl (C=O) groups is 1. The molecule has 6 N–H and O–H groups in total. The Hall–Kier alpha value is -1.75. The molecule has 0 aliphatic rings. The third-order valence-corrected chi connectivity index (χ3v) is 1.91. The summed E-state index contributed by atoms with van der Waals surface area (Å²) in [7, 11) is 0. The predicted octanol–water partition coefficient (Wildman–Crippen LogP) is -0.0712. The largest absolute Gasteiger partial charge is 0.506 e. The lowest BCUT2D eigenvalue weighted by Gasteiger charge is -2.09. The number of benzene rings is 1. The van der Waals surface area contributed by atoms with Crippen LogP contribution < -0.4 is 11.5 Å². The van der Waals surface area contributed by atoms with E-state index in [1.807, 2.05) is 0 Å². The van der Waals surface area contributed by atoms with Crippen LogP contribution in [-0.4, -0.2) is 22.2 Å². The first-order valence-corrected chi connectivity index (χ1v) is 4.07. The van der Waals surface area contributed by atoms with Crippen molar-refractivity contribution in [1.29, 1.82) is 0 Å². The number of carboxylic acids is 1. The van der Waals surface area contributed by atoms with Gasteiger partial charge in [0.2, 0.25) is 0 Å². The molecule has 14 heavy (non-hydrogen) atoms. The van der Waals surface area contributed by atoms with Crippen molar-refractivity contribution in [3.8, 4) is 5.75 Å². The van der Waals surface area contributed by atoms with Gasteiger partial charge in [0.15, 0.2) is 0 Å². The number of hydrogen-bond acceptors (Lipinski definition) is 4. The minimum Gasteiger partial charge on any atom is -0.506 e. The van der Waals surface area contributed by atoms with Gasteiger partial charge < -0.3 is 21.7 Å². The molecule has 0 aromatic heterocycles. The fourth-order valence-corrected chi connectivity index (χ4v) is 1.10. The van der Waals surface area contributed by atoms with Gasteiger partial charge in [-0.25, -0.2) is 0 Å². The molecule has 0 radical (unpaired) electrons. The number of carboxylic acid groups (broad SMARTS) is 1. The van der Waals surface area contributed by atoms with Gasteiger partial charge in [0.1, 0.15) is 11.8 Å². The van der Waals surface area contributed by atoms with Crippen molar-refractivity contribution >= 4 is 11.7 Å². The van der Waals surface area contributed by atoms with E-state index in [0.29, 0.717) is 5.56 Å². The molecule has 1 aromatic carbocycles. The molecule has 0 aliphatic carbocycles. The average Bonchev–Trinajstić information content (AvgIpc) is 2.12. The summed E-state index contributed by atoms with van der Waals surface area (Å²) < 4.78 is 0. The van der Waals surface area contributed by atoms with Crippen LogP contribution in [0.4, 0.5) is 5.69 Å². The molecule has 0 spiro atoms. The highest BCUT2D eigenvalue weighted by Crippen LogP contribution is 2.25. The van der Waals surface area contributed by atoms with Gasteiger partial charge >= 0.3 is 5.97 Å². The van der Waals surface area contributed by atoms with Crippen LogP contribution in [0.2, 0.25) is 0 Å². The van der Waals surface area contributed by atoms with Gasteiger partial charge in [0.25, 0.3) is 0 Å². The highest BCUT2D eigenvalue weighted by atomic mass is 16.4. The van der Waals surface area contributed by atoms with E-state index >= 15 is 0 Å². The second-order valence-electron chi connectivity index (χ2n) is 3.00. The molecule has 0 bridgehead atoms. The number of aliphatic carboxylic acids is 1. The molecule has 5 heteroatoms. The molecule has 0 saturated heterocycles. The van der Waals surface area contributed by atoms with Crippen LogP contribution in [-0.2, 0) is 11.2 Å². The van der Waals surface area contributed by atoms with E-state index in [4.69, 9.17) is 16.6 Å². The van der Waals surface area contributed by atoms with E-state index in [0.717, 1.165) is 0 Å². The number of aromatic hydroxyl groups is 1. The fraction of sp³-hybridized carbons (Fsp3) is 0.222. The van der Waals surface area contributed by atoms with Gasteiger partial charge in [-0.1, -0.05) is 12.1 Å². The molecular formula is C9H12N2O3. The lowest BCUT2D eigenvalue weighted by atomic mass is 10.0. The van der Waals surface area contributed by atoms with Crippen LogP contribution in [0.15, 0.2) is 18.2 Å². The highest BCUT2D eigenvalue weighted by Gasteiger charge is 2.14. The zero-order chi connectivity index (χ0) is 10.7. The van der Waals surface area contributed by atoms with E-state index < -0.39 is 12.0 Å². The van der Waals surface area contributed by atoms with Gasteiger partial charge in [0, 0.05) is 6.42 Å². The van der Waals surface area contributed by atoms with Crippen LogP contribution in [0.25, 0.3) is 0 Å². The molecule has 0 aliphatic heterocycles. The fourth-order valence-electron chi connectivity index (χ4n) is 1.10. The zero-order valence-electron chi connectivity index (χ0n) is 7.47. The van der Waals surface area contributed by atoms with Crippen molar-refractivity contribution in [2.75, 3.05) is 5.73 Å². The number of para-hydroxylation sites is 1. The maximum Gasteiger partial charge on any atom is 0.320 e. The molecule has 0 heterocycles. The van der Waals surface area contributed by atoms with Crippen LogP contribution in [0.5, 0.6) is 5.75 Å². The summed E-state index contributed by atoms with van der Waals surface area (Å²) in [6.45, 7) is 0. The molecule has 1 rings (SSSR count). The first kappa shape index (κ1) is 10.3. The molecule has 5 nitrogen and oxygen atoms in total. The van der Waals surface area contributed by atoms with Crippen molar-refractivity contribution in [3.63, 3.8) is 0 Å². The SMILES string of the molecule is Nc1cccc(C[C@@H](N)C(=O)O)c1O. The monoisotopic (exact) mass is 196 g/mol. The third kappa shape index (κ3) is 2.14. The van der Waals surface area contributed by atoms with E-state index in [1.54, 1.807) is 12.1 Å². The van der Waals surface area contributed by atoms with Gasteiger partial charge in [-0.15, -0.1) is 0 Å². The summed E-state index contributed by atoms with van der Waals surface area (Å²) in [5, 5.41) is 18.0. The molecule has 0 amide bonds. The number of anilines is 1. The molecule has 1 atom stereocenters. The van der Waals surface area contributed by atoms with Gasteiger partial charge in [-0.05, 0) is 11.6 Å². The maximum atomic E-state index is 10.5. The van der Waals surface area contributed by atoms with Crippen LogP contribution in [0.3, 0.4) is 0 Å². The Morgan fingerprint density at radius 3 is 2.71 bits per heavy atom. The minimum absolute atomic E-state index is 0.0617. The summed E-state index contributed by atoms with van der Waals surface area (Å²) in [6.07, 6.45) is 0.0617. The topological polar surface area (TPSA) is 110 Å². The third-order valence-electron chi connectivity index (χ3n) is 1.91. The Bertz CT molecular complexity index is 352. The second-order valence-corrected chi connectivity index (χ2v) is 3.00. The first-order valence-electron chi connectivity index (χ1n) is 4.07. The Labute approximate surface area is 81.0 Å². The van der Waals surface area contributed by atoms with Crippen molar-refractivity contribution in [2.24, 2.45) is 5.73 Å². The summed E-state index contributed by atoms with van der Waals surface area (Å²) >= 11 is 0. The summed E-state index contributed by atoms with van der Waals surface area (Å²) in [4.78, 5) is 10.5. The van der Waals surface area contributed by atoms with Crippen LogP contribution in [0, 0.1) is 0 Å². The number of nitrogen functional groups attached to an aromatic ring is 1. The van der Waals surface area contributed by atoms with Crippen molar-refractivity contribution in [2.45, 2.75) is 12.5 Å². The normalized spacial score (nSPS) is 12.4. The maximum absolute atomic E-state index is 10.5. The van der Waals surface area contributed by atoms with Gasteiger partial charge in [0.05, 0.1) is 5.69 Å². The molecule has 76 valence electrons. The Balaban J connectivity index is 2.87. The zero-order valence-corrected chi connectivity index (χ0v) is 7.47. The number of rotatable bonds is 3. The Kier molecular flexibility index (Phi) is 2.93. The number of hydrogen-bond donors (Lipinski definition) is 4. The smallest absolute Gasteiger partial charge is 0.320 e. The Morgan fingerprint density at radius 1 is 1.50 bits per heavy atom. The van der Waals surface area contributed by atoms with Crippen molar-refractivity contribution < 1.29 is 15.0 Å². The quantitative estimate of drug-likeness (QED) is 0.399. The van der Waals surface area contributed by atoms with E-state index in [9.17, 15) is 9.90 Å². The lowest BCUT2D eigenvalue weighted by molar-refractivity contribution is -0.138. The predicted molar refractivity (Wildman–Crippen MR) is 51.8 cm³/mol. The van der Waals surface area contributed by atoms with E-state index in [-0.39, 0.29) is 17.9 Å². The van der Waals surface area contributed by atoms with Crippen LogP contribution >= 0.6 is 0 Å². The van der Waals surface area contributed by atoms with E-state index in [1.165, 1.54) is 6.07 Å². The van der Waals surface area contributed by atoms with E-state index in [2.05, 4.69) is 0 Å². The summed E-state index contributed by atoms with van der Waals surface area (Å²) in [6, 6.07) is 3.74. The average molecular weight is 196 g/mol. The molecular weight excluding hydrogens is 184 g/mol. The molecule has 1 aromatic rings. The van der Waals surface area contributed by atoms with Crippen molar-refractivity contribution in [1.82, 2.24) is 0 Å². The highest BCUT2D eigenvalue weighted by molar-refractivity contribution is 5.74. The molecule has 0 unspecified atom stereocenters. The number of nitrogens with two attached hydrogens (primary N) is 2. The van der Waals surface area contributed by atoms with Gasteiger partial charge in [-0.3, -0.25) is 4.79 Å². The first-order chi connectivity index (χ1) is 6.52.